The average molecular weight is 278 g/mol. The molecule has 0 spiro atoms. The number of methoxy groups -OCH3 is 1. The van der Waals surface area contributed by atoms with Crippen LogP contribution in [-0.4, -0.2) is 31.0 Å². The third-order valence-corrected chi connectivity index (χ3v) is 3.43. The highest BCUT2D eigenvalue weighted by molar-refractivity contribution is 5.73. The van der Waals surface area contributed by atoms with Crippen LogP contribution in [0.2, 0.25) is 0 Å². The lowest BCUT2D eigenvalue weighted by atomic mass is 10.1. The number of primary amides is 1. The van der Waals surface area contributed by atoms with Gasteiger partial charge in [-0.2, -0.15) is 0 Å². The summed E-state index contributed by atoms with van der Waals surface area (Å²) >= 11 is 0. The van der Waals surface area contributed by atoms with Crippen molar-refractivity contribution in [2.75, 3.05) is 20.2 Å². The van der Waals surface area contributed by atoms with E-state index in [1.54, 1.807) is 7.11 Å². The van der Waals surface area contributed by atoms with Crippen LogP contribution in [0, 0.1) is 0 Å². The molecule has 112 valence electrons. The van der Waals surface area contributed by atoms with Crippen LogP contribution in [0.25, 0.3) is 0 Å². The number of unbranched alkanes of at least 4 members (excludes halogenated alkanes) is 2. The van der Waals surface area contributed by atoms with E-state index >= 15 is 0 Å². The first kappa shape index (κ1) is 16.5. The zero-order chi connectivity index (χ0) is 14.8. The highest BCUT2D eigenvalue weighted by atomic mass is 16.5. The number of ether oxygens (including phenoxy) is 1. The van der Waals surface area contributed by atoms with Gasteiger partial charge in [0.25, 0.3) is 0 Å². The molecule has 0 radical (unpaired) electrons. The molecular formula is C16H26N2O2. The maximum Gasteiger partial charge on any atom is 0.217 e. The topological polar surface area (TPSA) is 55.6 Å². The minimum Gasteiger partial charge on any atom is -0.496 e. The number of nitrogens with two attached hydrogens (primary N) is 1. The third-order valence-electron chi connectivity index (χ3n) is 3.43. The van der Waals surface area contributed by atoms with E-state index in [-0.39, 0.29) is 5.91 Å². The van der Waals surface area contributed by atoms with Gasteiger partial charge in [0.2, 0.25) is 5.91 Å². The van der Waals surface area contributed by atoms with Gasteiger partial charge >= 0.3 is 0 Å². The lowest BCUT2D eigenvalue weighted by Gasteiger charge is -2.21. The molecule has 4 nitrogen and oxygen atoms in total. The molecule has 0 saturated carbocycles. The first-order chi connectivity index (χ1) is 9.67. The van der Waals surface area contributed by atoms with Crippen molar-refractivity contribution in [1.82, 2.24) is 4.90 Å². The number of para-hydroxylation sites is 1. The Hall–Kier alpha value is -1.55. The Morgan fingerprint density at radius 3 is 2.65 bits per heavy atom. The van der Waals surface area contributed by atoms with Gasteiger partial charge in [-0.1, -0.05) is 31.5 Å². The standard InChI is InChI=1S/C16H26N2O2/c1-3-18(12-8-4-5-11-16(17)19)13-14-9-6-7-10-15(14)20-2/h6-7,9-10H,3-5,8,11-13H2,1-2H3,(H2,17,19). The lowest BCUT2D eigenvalue weighted by Crippen LogP contribution is -2.24. The minimum atomic E-state index is -0.202. The molecule has 0 unspecified atom stereocenters. The van der Waals surface area contributed by atoms with Crippen LogP contribution in [0.1, 0.15) is 38.2 Å². The summed E-state index contributed by atoms with van der Waals surface area (Å²) in [5, 5.41) is 0. The van der Waals surface area contributed by atoms with Crippen molar-refractivity contribution in [1.29, 1.82) is 0 Å². The quantitative estimate of drug-likeness (QED) is 0.669. The molecule has 20 heavy (non-hydrogen) atoms. The monoisotopic (exact) mass is 278 g/mol. The van der Waals surface area contributed by atoms with Gasteiger partial charge in [-0.3, -0.25) is 9.69 Å². The molecule has 0 aromatic heterocycles. The Morgan fingerprint density at radius 1 is 1.25 bits per heavy atom. The van der Waals surface area contributed by atoms with Crippen LogP contribution in [0.15, 0.2) is 24.3 Å². The van der Waals surface area contributed by atoms with Gasteiger partial charge in [0.1, 0.15) is 5.75 Å². The van der Waals surface area contributed by atoms with E-state index in [2.05, 4.69) is 17.9 Å². The number of nitrogens with zero attached hydrogens (tertiary/aromatic N) is 1. The second kappa shape index (κ2) is 9.37. The van der Waals surface area contributed by atoms with Crippen molar-refractivity contribution in [3.63, 3.8) is 0 Å². The van der Waals surface area contributed by atoms with Crippen molar-refractivity contribution in [2.45, 2.75) is 39.2 Å². The number of carbonyl (C=O) groups excluding carboxylic acids is 1. The van der Waals surface area contributed by atoms with Gasteiger partial charge in [0.05, 0.1) is 7.11 Å². The smallest absolute Gasteiger partial charge is 0.217 e. The molecule has 0 bridgehead atoms. The van der Waals surface area contributed by atoms with Crippen LogP contribution in [0.5, 0.6) is 5.75 Å². The highest BCUT2D eigenvalue weighted by Gasteiger charge is 2.07. The fourth-order valence-corrected chi connectivity index (χ4v) is 2.23. The molecule has 0 atom stereocenters. The summed E-state index contributed by atoms with van der Waals surface area (Å²) in [7, 11) is 1.71. The summed E-state index contributed by atoms with van der Waals surface area (Å²) in [4.78, 5) is 13.1. The number of rotatable bonds is 10. The van der Waals surface area contributed by atoms with Crippen molar-refractivity contribution >= 4 is 5.91 Å². The van der Waals surface area contributed by atoms with Crippen molar-refractivity contribution in [3.8, 4) is 5.75 Å². The first-order valence-electron chi connectivity index (χ1n) is 7.30. The normalized spacial score (nSPS) is 10.8. The van der Waals surface area contributed by atoms with E-state index in [0.29, 0.717) is 6.42 Å². The predicted molar refractivity (Wildman–Crippen MR) is 81.6 cm³/mol. The molecule has 0 aliphatic rings. The van der Waals surface area contributed by atoms with E-state index in [9.17, 15) is 4.79 Å². The van der Waals surface area contributed by atoms with Crippen LogP contribution >= 0.6 is 0 Å². The Balaban J connectivity index is 2.37. The highest BCUT2D eigenvalue weighted by Crippen LogP contribution is 2.19. The number of hydrogen-bond donors (Lipinski definition) is 1. The lowest BCUT2D eigenvalue weighted by molar-refractivity contribution is -0.118. The van der Waals surface area contributed by atoms with Crippen molar-refractivity contribution < 1.29 is 9.53 Å². The van der Waals surface area contributed by atoms with Gasteiger partial charge < -0.3 is 10.5 Å². The van der Waals surface area contributed by atoms with Crippen LogP contribution in [0.3, 0.4) is 0 Å². The summed E-state index contributed by atoms with van der Waals surface area (Å²) in [6.45, 7) is 5.11. The van der Waals surface area contributed by atoms with E-state index < -0.39 is 0 Å². The summed E-state index contributed by atoms with van der Waals surface area (Å²) in [6.07, 6.45) is 3.53. The van der Waals surface area contributed by atoms with E-state index in [0.717, 1.165) is 44.6 Å². The summed E-state index contributed by atoms with van der Waals surface area (Å²) < 4.78 is 5.38. The van der Waals surface area contributed by atoms with Crippen LogP contribution in [-0.2, 0) is 11.3 Å². The molecular weight excluding hydrogens is 252 g/mol. The number of amides is 1. The van der Waals surface area contributed by atoms with Crippen molar-refractivity contribution in [3.05, 3.63) is 29.8 Å². The molecule has 0 fully saturated rings. The van der Waals surface area contributed by atoms with E-state index in [4.69, 9.17) is 10.5 Å². The Bertz CT molecular complexity index is 407. The molecule has 0 saturated heterocycles. The number of hydrogen-bond acceptors (Lipinski definition) is 3. The summed E-state index contributed by atoms with van der Waals surface area (Å²) in [5.74, 6) is 0.742. The zero-order valence-corrected chi connectivity index (χ0v) is 12.6. The number of carbonyl (C=O) groups is 1. The fourth-order valence-electron chi connectivity index (χ4n) is 2.23. The summed E-state index contributed by atoms with van der Waals surface area (Å²) in [5.41, 5.74) is 6.35. The Morgan fingerprint density at radius 2 is 2.00 bits per heavy atom. The average Bonchev–Trinajstić information content (AvgIpc) is 2.45. The number of benzene rings is 1. The van der Waals surface area contributed by atoms with Gasteiger partial charge in [-0.25, -0.2) is 0 Å². The van der Waals surface area contributed by atoms with Gasteiger partial charge in [-0.05, 0) is 32.0 Å². The second-order valence-electron chi connectivity index (χ2n) is 4.96. The van der Waals surface area contributed by atoms with Crippen LogP contribution in [0.4, 0.5) is 0 Å². The van der Waals surface area contributed by atoms with Gasteiger partial charge in [0.15, 0.2) is 0 Å². The third kappa shape index (κ3) is 6.06. The second-order valence-corrected chi connectivity index (χ2v) is 4.96. The van der Waals surface area contributed by atoms with E-state index in [1.165, 1.54) is 5.56 Å². The maximum atomic E-state index is 10.7. The Kier molecular flexibility index (Phi) is 7.73. The molecule has 1 aromatic rings. The van der Waals surface area contributed by atoms with Gasteiger partial charge in [-0.15, -0.1) is 0 Å². The Labute approximate surface area is 121 Å². The minimum absolute atomic E-state index is 0.202. The van der Waals surface area contributed by atoms with Crippen molar-refractivity contribution in [2.24, 2.45) is 5.73 Å². The molecule has 1 rings (SSSR count). The van der Waals surface area contributed by atoms with Crippen LogP contribution < -0.4 is 10.5 Å². The first-order valence-corrected chi connectivity index (χ1v) is 7.30. The predicted octanol–water partition coefficient (Wildman–Crippen LogP) is 2.56. The van der Waals surface area contributed by atoms with E-state index in [1.807, 2.05) is 18.2 Å². The maximum absolute atomic E-state index is 10.7. The molecule has 0 aliphatic heterocycles. The van der Waals surface area contributed by atoms with Gasteiger partial charge in [0, 0.05) is 18.5 Å². The molecule has 4 heteroatoms. The summed E-state index contributed by atoms with van der Waals surface area (Å²) in [6, 6.07) is 8.13. The molecule has 1 aromatic carbocycles. The SMILES string of the molecule is CCN(CCCCCC(N)=O)Cc1ccccc1OC. The molecule has 0 aliphatic carbocycles. The molecule has 2 N–H and O–H groups in total. The molecule has 0 heterocycles. The zero-order valence-electron chi connectivity index (χ0n) is 12.6. The molecule has 1 amide bonds. The fraction of sp³-hybridized carbons (Fsp3) is 0.562. The largest absolute Gasteiger partial charge is 0.496 e.